The average molecular weight is 555 g/mol. The number of hydrogen-bond acceptors (Lipinski definition) is 7. The summed E-state index contributed by atoms with van der Waals surface area (Å²) in [7, 11) is 1.46. The number of hydrogen-bond donors (Lipinski definition) is 0. The molecular formula is C26H30ClF3N4O4. The molecule has 5 rings (SSSR count). The van der Waals surface area contributed by atoms with Gasteiger partial charge >= 0.3 is 6.18 Å². The van der Waals surface area contributed by atoms with E-state index in [0.29, 0.717) is 66.2 Å². The molecular weight excluding hydrogens is 525 g/mol. The highest BCUT2D eigenvalue weighted by Gasteiger charge is 2.43. The minimum absolute atomic E-state index is 0.0322. The first kappa shape index (κ1) is 27.0. The molecule has 1 aliphatic heterocycles. The van der Waals surface area contributed by atoms with E-state index in [1.807, 2.05) is 6.92 Å². The van der Waals surface area contributed by atoms with Crippen molar-refractivity contribution >= 4 is 11.6 Å². The topological polar surface area (TPSA) is 74.8 Å². The third-order valence-corrected chi connectivity index (χ3v) is 7.46. The van der Waals surface area contributed by atoms with Gasteiger partial charge in [0, 0.05) is 32.3 Å². The van der Waals surface area contributed by atoms with Gasteiger partial charge in [-0.2, -0.15) is 18.3 Å². The molecule has 0 atom stereocenters. The normalized spacial score (nSPS) is 20.5. The Morgan fingerprint density at radius 1 is 1.16 bits per heavy atom. The van der Waals surface area contributed by atoms with Crippen LogP contribution in [-0.4, -0.2) is 66.4 Å². The highest BCUT2D eigenvalue weighted by molar-refractivity contribution is 6.34. The zero-order valence-corrected chi connectivity index (χ0v) is 22.0. The van der Waals surface area contributed by atoms with Crippen molar-refractivity contribution in [1.29, 1.82) is 0 Å². The van der Waals surface area contributed by atoms with E-state index in [-0.39, 0.29) is 24.0 Å². The number of halogens is 4. The molecule has 3 aromatic rings. The van der Waals surface area contributed by atoms with Crippen LogP contribution in [0.1, 0.15) is 37.1 Å². The van der Waals surface area contributed by atoms with E-state index >= 15 is 0 Å². The first-order chi connectivity index (χ1) is 18.3. The Balaban J connectivity index is 1.46. The minimum Gasteiger partial charge on any atom is -0.491 e. The predicted molar refractivity (Wildman–Crippen MR) is 134 cm³/mol. The van der Waals surface area contributed by atoms with E-state index in [1.165, 1.54) is 13.3 Å². The van der Waals surface area contributed by atoms with Crippen LogP contribution in [0.15, 0.2) is 28.9 Å². The largest absolute Gasteiger partial charge is 0.491 e. The van der Waals surface area contributed by atoms with E-state index < -0.39 is 11.9 Å². The van der Waals surface area contributed by atoms with Crippen molar-refractivity contribution in [2.75, 3.05) is 46.6 Å². The maximum absolute atomic E-state index is 14.3. The van der Waals surface area contributed by atoms with Crippen molar-refractivity contribution in [3.8, 4) is 28.3 Å². The van der Waals surface area contributed by atoms with Gasteiger partial charge in [-0.3, -0.25) is 9.58 Å². The number of nitrogens with zero attached hydrogens (tertiary/aromatic N) is 4. The molecule has 38 heavy (non-hydrogen) atoms. The number of morpholine rings is 1. The number of aromatic nitrogens is 3. The summed E-state index contributed by atoms with van der Waals surface area (Å²) in [6.45, 7) is 6.20. The van der Waals surface area contributed by atoms with Crippen molar-refractivity contribution in [3.63, 3.8) is 0 Å². The van der Waals surface area contributed by atoms with Crippen LogP contribution in [0.4, 0.5) is 13.2 Å². The molecule has 2 fully saturated rings. The molecule has 2 aromatic heterocycles. The number of rotatable bonds is 9. The molecule has 2 aliphatic rings. The summed E-state index contributed by atoms with van der Waals surface area (Å²) in [4.78, 5) is 2.24. The lowest BCUT2D eigenvalue weighted by Gasteiger charge is -2.34. The highest BCUT2D eigenvalue weighted by atomic mass is 35.5. The lowest BCUT2D eigenvalue weighted by molar-refractivity contribution is -0.145. The Hall–Kier alpha value is -2.60. The van der Waals surface area contributed by atoms with Crippen LogP contribution in [0.3, 0.4) is 0 Å². The minimum atomic E-state index is -4.63. The monoisotopic (exact) mass is 554 g/mol. The average Bonchev–Trinajstić information content (AvgIpc) is 3.48. The predicted octanol–water partition coefficient (Wildman–Crippen LogP) is 5.71. The van der Waals surface area contributed by atoms with Gasteiger partial charge in [0.1, 0.15) is 18.1 Å². The summed E-state index contributed by atoms with van der Waals surface area (Å²) < 4.78 is 66.1. The van der Waals surface area contributed by atoms with Gasteiger partial charge < -0.3 is 18.7 Å². The molecule has 8 nitrogen and oxygen atoms in total. The van der Waals surface area contributed by atoms with Crippen molar-refractivity contribution in [2.24, 2.45) is 5.92 Å². The van der Waals surface area contributed by atoms with Crippen molar-refractivity contribution in [3.05, 3.63) is 40.7 Å². The van der Waals surface area contributed by atoms with Crippen molar-refractivity contribution in [1.82, 2.24) is 19.8 Å². The second-order valence-corrected chi connectivity index (χ2v) is 10.1. The summed E-state index contributed by atoms with van der Waals surface area (Å²) in [5.74, 6) is 0.774. The van der Waals surface area contributed by atoms with Crippen LogP contribution in [0.5, 0.6) is 5.75 Å². The van der Waals surface area contributed by atoms with Gasteiger partial charge in [-0.05, 0) is 24.8 Å². The van der Waals surface area contributed by atoms with E-state index in [2.05, 4.69) is 15.2 Å². The highest BCUT2D eigenvalue weighted by Crippen LogP contribution is 2.46. The third-order valence-electron chi connectivity index (χ3n) is 7.07. The molecule has 3 heterocycles. The first-order valence-electron chi connectivity index (χ1n) is 12.6. The van der Waals surface area contributed by atoms with Crippen LogP contribution in [0, 0.1) is 5.92 Å². The zero-order chi connectivity index (χ0) is 26.9. The third kappa shape index (κ3) is 5.42. The van der Waals surface area contributed by atoms with E-state index in [1.54, 1.807) is 18.2 Å². The van der Waals surface area contributed by atoms with E-state index in [9.17, 15) is 13.2 Å². The molecule has 1 saturated carbocycles. The van der Waals surface area contributed by atoms with Crippen LogP contribution < -0.4 is 4.74 Å². The number of benzene rings is 1. The summed E-state index contributed by atoms with van der Waals surface area (Å²) in [6.07, 6.45) is -2.15. The summed E-state index contributed by atoms with van der Waals surface area (Å²) in [6, 6.07) is 4.92. The van der Waals surface area contributed by atoms with Gasteiger partial charge in [-0.1, -0.05) is 35.8 Å². The van der Waals surface area contributed by atoms with Crippen LogP contribution >= 0.6 is 11.6 Å². The lowest BCUT2D eigenvalue weighted by atomic mass is 9.82. The summed E-state index contributed by atoms with van der Waals surface area (Å²) in [5.41, 5.74) is 0.111. The van der Waals surface area contributed by atoms with Crippen LogP contribution in [0.2, 0.25) is 5.02 Å². The van der Waals surface area contributed by atoms with Crippen LogP contribution in [-0.2, 0) is 22.3 Å². The number of alkyl halides is 3. The molecule has 0 amide bonds. The van der Waals surface area contributed by atoms with E-state index in [4.69, 9.17) is 30.3 Å². The molecule has 0 N–H and O–H groups in total. The first-order valence-corrected chi connectivity index (χ1v) is 13.0. The zero-order valence-electron chi connectivity index (χ0n) is 21.3. The summed E-state index contributed by atoms with van der Waals surface area (Å²) in [5, 5.41) is 8.55. The van der Waals surface area contributed by atoms with Gasteiger partial charge in [-0.25, -0.2) is 0 Å². The Morgan fingerprint density at radius 3 is 2.61 bits per heavy atom. The lowest BCUT2D eigenvalue weighted by Crippen LogP contribution is -2.38. The standard InChI is InChI=1S/C26H30ClF3N4O4/c1-16-12-17(13-16)34-25(26(28,29)30)19(14-31-34)24-20(15-35-2)23(32-38-24)18-4-3-5-21(22(18)27)37-11-8-33-6-9-36-10-7-33/h3-5,14,16-17H,6-13,15H2,1-2H3. The van der Waals surface area contributed by atoms with Gasteiger partial charge in [-0.15, -0.1) is 0 Å². The fourth-order valence-corrected chi connectivity index (χ4v) is 5.34. The molecule has 0 unspecified atom stereocenters. The van der Waals surface area contributed by atoms with Gasteiger partial charge in [0.2, 0.25) is 0 Å². The molecule has 206 valence electrons. The Labute approximate surface area is 223 Å². The van der Waals surface area contributed by atoms with Crippen molar-refractivity contribution in [2.45, 2.75) is 38.6 Å². The molecule has 0 spiro atoms. The molecule has 1 aliphatic carbocycles. The second-order valence-electron chi connectivity index (χ2n) is 9.77. The summed E-state index contributed by atoms with van der Waals surface area (Å²) >= 11 is 6.70. The molecule has 1 aromatic carbocycles. The number of ether oxygens (including phenoxy) is 3. The smallest absolute Gasteiger partial charge is 0.433 e. The Kier molecular flexibility index (Phi) is 7.99. The molecule has 12 heteroatoms. The Morgan fingerprint density at radius 2 is 1.92 bits per heavy atom. The number of methoxy groups -OCH3 is 1. The fraction of sp³-hybridized carbons (Fsp3) is 0.538. The van der Waals surface area contributed by atoms with Crippen molar-refractivity contribution < 1.29 is 31.9 Å². The van der Waals surface area contributed by atoms with Gasteiger partial charge in [0.15, 0.2) is 11.5 Å². The maximum atomic E-state index is 14.3. The van der Waals surface area contributed by atoms with Crippen LogP contribution in [0.25, 0.3) is 22.6 Å². The molecule has 1 saturated heterocycles. The Bertz CT molecular complexity index is 1250. The van der Waals surface area contributed by atoms with Gasteiger partial charge in [0.25, 0.3) is 0 Å². The van der Waals surface area contributed by atoms with Gasteiger partial charge in [0.05, 0.1) is 48.2 Å². The fourth-order valence-electron chi connectivity index (χ4n) is 5.07. The molecule has 0 bridgehead atoms. The SMILES string of the molecule is COCc1c(-c2cccc(OCCN3CCOCC3)c2Cl)noc1-c1cnn(C2CC(C)C2)c1C(F)(F)F. The van der Waals surface area contributed by atoms with E-state index in [0.717, 1.165) is 24.3 Å². The molecule has 0 radical (unpaired) electrons. The second kappa shape index (κ2) is 11.3. The maximum Gasteiger partial charge on any atom is 0.433 e. The quantitative estimate of drug-likeness (QED) is 0.335.